The van der Waals surface area contributed by atoms with Crippen molar-refractivity contribution >= 4 is 29.3 Å². The van der Waals surface area contributed by atoms with Crippen molar-refractivity contribution in [2.24, 2.45) is 5.41 Å². The van der Waals surface area contributed by atoms with E-state index in [-0.39, 0.29) is 18.6 Å². The number of unbranched alkanes of at least 4 members (excludes halogenated alkanes) is 1. The fourth-order valence-corrected chi connectivity index (χ4v) is 3.25. The summed E-state index contributed by atoms with van der Waals surface area (Å²) in [6.07, 6.45) is 1.13. The lowest BCUT2D eigenvalue weighted by atomic mass is 9.67. The molecule has 1 rings (SSSR count). The van der Waals surface area contributed by atoms with E-state index in [1.807, 2.05) is 6.92 Å². The molecule has 5 nitrogen and oxygen atoms in total. The summed E-state index contributed by atoms with van der Waals surface area (Å²) < 4.78 is 33.4. The van der Waals surface area contributed by atoms with Gasteiger partial charge in [0.25, 0.3) is 0 Å². The number of carboxylic acids is 1. The summed E-state index contributed by atoms with van der Waals surface area (Å²) in [4.78, 5) is 24.2. The second-order valence-electron chi connectivity index (χ2n) is 5.97. The van der Waals surface area contributed by atoms with Crippen molar-refractivity contribution in [1.82, 2.24) is 0 Å². The number of carbonyl (C=O) groups excluding carboxylic acids is 1. The quantitative estimate of drug-likeness (QED) is 0.280. The number of carboxylic acid groups (broad SMARTS) is 1. The molecule has 8 heteroatoms. The van der Waals surface area contributed by atoms with E-state index in [2.05, 4.69) is 0 Å². The van der Waals surface area contributed by atoms with Crippen LogP contribution in [0.25, 0.3) is 0 Å². The molecule has 1 aromatic carbocycles. The summed E-state index contributed by atoms with van der Waals surface area (Å²) in [6.45, 7) is 4.74. The molecule has 0 saturated carbocycles. The van der Waals surface area contributed by atoms with Crippen LogP contribution in [0.4, 0.5) is 8.78 Å². The standard InChI is InChI=1S/C18H22ClF2NO4/c1-4-6-9-26-17(25)18(5-2,15(22)16(23)24)10(3)13-11(20)7-8-12(21)14(13)19/h7-8,10,22H,4-6,9H2,1-3H3,(H,23,24)/t10-,18?/m0/s1. The van der Waals surface area contributed by atoms with Crippen molar-refractivity contribution < 1.29 is 28.2 Å². The summed E-state index contributed by atoms with van der Waals surface area (Å²) in [5.41, 5.74) is -3.31. The molecule has 0 bridgehead atoms. The number of aliphatic carboxylic acids is 1. The van der Waals surface area contributed by atoms with Gasteiger partial charge in [0.05, 0.1) is 11.6 Å². The Kier molecular flexibility index (Phi) is 7.68. The Labute approximate surface area is 155 Å². The van der Waals surface area contributed by atoms with E-state index in [0.29, 0.717) is 6.42 Å². The average molecular weight is 390 g/mol. The number of halogens is 3. The Morgan fingerprint density at radius 3 is 2.38 bits per heavy atom. The summed E-state index contributed by atoms with van der Waals surface area (Å²) in [7, 11) is 0. The molecule has 0 amide bonds. The van der Waals surface area contributed by atoms with E-state index >= 15 is 0 Å². The Bertz CT molecular complexity index is 711. The first-order valence-corrected chi connectivity index (χ1v) is 8.65. The van der Waals surface area contributed by atoms with Crippen LogP contribution in [0.1, 0.15) is 51.5 Å². The zero-order valence-electron chi connectivity index (χ0n) is 14.9. The molecule has 0 aliphatic carbocycles. The van der Waals surface area contributed by atoms with E-state index in [1.165, 1.54) is 13.8 Å². The maximum Gasteiger partial charge on any atom is 0.350 e. The molecule has 0 heterocycles. The molecule has 0 aliphatic rings. The highest BCUT2D eigenvalue weighted by Gasteiger charge is 2.52. The fraction of sp³-hybridized carbons (Fsp3) is 0.500. The second-order valence-corrected chi connectivity index (χ2v) is 6.35. The van der Waals surface area contributed by atoms with E-state index in [0.717, 1.165) is 18.6 Å². The lowest BCUT2D eigenvalue weighted by Crippen LogP contribution is -2.47. The van der Waals surface area contributed by atoms with Gasteiger partial charge in [-0.15, -0.1) is 0 Å². The van der Waals surface area contributed by atoms with Crippen LogP contribution in [-0.4, -0.2) is 29.4 Å². The van der Waals surface area contributed by atoms with Gasteiger partial charge in [0.15, 0.2) is 0 Å². The number of rotatable bonds is 9. The third kappa shape index (κ3) is 4.03. The fourth-order valence-electron chi connectivity index (χ4n) is 2.94. The van der Waals surface area contributed by atoms with Gasteiger partial charge >= 0.3 is 11.9 Å². The van der Waals surface area contributed by atoms with Crippen LogP contribution in [0.15, 0.2) is 12.1 Å². The summed E-state index contributed by atoms with van der Waals surface area (Å²) in [6, 6.07) is 1.68. The number of benzene rings is 1. The van der Waals surface area contributed by atoms with E-state index in [1.54, 1.807) is 0 Å². The minimum absolute atomic E-state index is 0.0378. The Morgan fingerprint density at radius 2 is 1.88 bits per heavy atom. The molecule has 2 atom stereocenters. The van der Waals surface area contributed by atoms with Gasteiger partial charge < -0.3 is 9.84 Å². The maximum absolute atomic E-state index is 14.4. The van der Waals surface area contributed by atoms with E-state index in [4.69, 9.17) is 21.7 Å². The number of hydrogen-bond donors (Lipinski definition) is 2. The number of esters is 1. The van der Waals surface area contributed by atoms with Gasteiger partial charge in [-0.2, -0.15) is 0 Å². The number of ether oxygens (including phenoxy) is 1. The van der Waals surface area contributed by atoms with Crippen molar-refractivity contribution in [3.05, 3.63) is 34.4 Å². The third-order valence-electron chi connectivity index (χ3n) is 4.56. The molecule has 2 N–H and O–H groups in total. The van der Waals surface area contributed by atoms with Crippen molar-refractivity contribution in [3.8, 4) is 0 Å². The van der Waals surface area contributed by atoms with Crippen LogP contribution in [0.3, 0.4) is 0 Å². The Morgan fingerprint density at radius 1 is 1.31 bits per heavy atom. The zero-order chi connectivity index (χ0) is 20.1. The average Bonchev–Trinajstić information content (AvgIpc) is 2.59. The molecule has 0 spiro atoms. The molecule has 0 saturated heterocycles. The number of nitrogens with one attached hydrogen (secondary N) is 1. The lowest BCUT2D eigenvalue weighted by Gasteiger charge is -2.35. The largest absolute Gasteiger partial charge is 0.477 e. The Balaban J connectivity index is 3.54. The summed E-state index contributed by atoms with van der Waals surface area (Å²) in [5, 5.41) is 16.8. The molecule has 0 aromatic heterocycles. The normalized spacial score (nSPS) is 14.4. The highest BCUT2D eigenvalue weighted by atomic mass is 35.5. The van der Waals surface area contributed by atoms with Gasteiger partial charge in [0.1, 0.15) is 22.8 Å². The first kappa shape index (κ1) is 22.0. The van der Waals surface area contributed by atoms with Gasteiger partial charge in [-0.3, -0.25) is 10.2 Å². The minimum atomic E-state index is -2.00. The zero-order valence-corrected chi connectivity index (χ0v) is 15.6. The number of hydrogen-bond acceptors (Lipinski definition) is 4. The van der Waals surface area contributed by atoms with Gasteiger partial charge in [-0.05, 0) is 25.0 Å². The molecule has 1 unspecified atom stereocenters. The van der Waals surface area contributed by atoms with Crippen molar-refractivity contribution in [3.63, 3.8) is 0 Å². The second kappa shape index (κ2) is 9.07. The first-order valence-electron chi connectivity index (χ1n) is 8.27. The van der Waals surface area contributed by atoms with Crippen LogP contribution >= 0.6 is 11.6 Å². The SMILES string of the molecule is CCCCOC(=O)C(CC)(C(=N)C(=O)O)[C@@H](C)c1c(F)ccc(F)c1Cl. The first-order chi connectivity index (χ1) is 12.1. The van der Waals surface area contributed by atoms with Gasteiger partial charge in [-0.1, -0.05) is 38.8 Å². The lowest BCUT2D eigenvalue weighted by molar-refractivity contribution is -0.154. The van der Waals surface area contributed by atoms with E-state index in [9.17, 15) is 23.5 Å². The van der Waals surface area contributed by atoms with Gasteiger partial charge in [-0.25, -0.2) is 13.6 Å². The van der Waals surface area contributed by atoms with Crippen LogP contribution in [0, 0.1) is 22.5 Å². The molecular formula is C18H22ClF2NO4. The molecule has 0 radical (unpaired) electrons. The minimum Gasteiger partial charge on any atom is -0.477 e. The summed E-state index contributed by atoms with van der Waals surface area (Å²) in [5.74, 6) is -5.62. The van der Waals surface area contributed by atoms with Gasteiger partial charge in [0.2, 0.25) is 0 Å². The number of carbonyl (C=O) groups is 2. The molecule has 1 aromatic rings. The highest BCUT2D eigenvalue weighted by Crippen LogP contribution is 2.45. The smallest absolute Gasteiger partial charge is 0.350 e. The third-order valence-corrected chi connectivity index (χ3v) is 4.95. The van der Waals surface area contributed by atoms with Crippen molar-refractivity contribution in [2.45, 2.75) is 46.0 Å². The Hall–Kier alpha value is -2.02. The van der Waals surface area contributed by atoms with Crippen LogP contribution < -0.4 is 0 Å². The van der Waals surface area contributed by atoms with Gasteiger partial charge in [0, 0.05) is 11.5 Å². The monoisotopic (exact) mass is 389 g/mol. The van der Waals surface area contributed by atoms with E-state index < -0.39 is 45.6 Å². The van der Waals surface area contributed by atoms with Crippen LogP contribution in [0.2, 0.25) is 5.02 Å². The highest BCUT2D eigenvalue weighted by molar-refractivity contribution is 6.40. The molecular weight excluding hydrogens is 368 g/mol. The van der Waals surface area contributed by atoms with Crippen LogP contribution in [0.5, 0.6) is 0 Å². The molecule has 0 fully saturated rings. The topological polar surface area (TPSA) is 87.5 Å². The molecule has 0 aliphatic heterocycles. The maximum atomic E-state index is 14.4. The van der Waals surface area contributed by atoms with Crippen molar-refractivity contribution in [2.75, 3.05) is 6.61 Å². The van der Waals surface area contributed by atoms with Crippen molar-refractivity contribution in [1.29, 1.82) is 5.41 Å². The van der Waals surface area contributed by atoms with Crippen LogP contribution in [-0.2, 0) is 14.3 Å². The molecule has 26 heavy (non-hydrogen) atoms. The molecule has 144 valence electrons. The summed E-state index contributed by atoms with van der Waals surface area (Å²) >= 11 is 5.89. The predicted octanol–water partition coefficient (Wildman–Crippen LogP) is 4.57. The predicted molar refractivity (Wildman–Crippen MR) is 93.7 cm³/mol.